The molecule has 0 bridgehead atoms. The van der Waals surface area contributed by atoms with Gasteiger partial charge < -0.3 is 10.5 Å². The van der Waals surface area contributed by atoms with Crippen LogP contribution in [0, 0.1) is 5.21 Å². The number of amides is 1. The Hall–Kier alpha value is -2.01. The van der Waals surface area contributed by atoms with Gasteiger partial charge in [-0.15, -0.1) is 0 Å². The number of carbonyl (C=O) groups excluding carboxylic acids is 1. The molecule has 0 saturated carbocycles. The molecule has 2 aromatic rings. The summed E-state index contributed by atoms with van der Waals surface area (Å²) in [6.45, 7) is 2.93. The van der Waals surface area contributed by atoms with Crippen molar-refractivity contribution in [2.75, 3.05) is 0 Å². The van der Waals surface area contributed by atoms with Crippen LogP contribution < -0.4 is 10.4 Å². The molecule has 112 valence electrons. The van der Waals surface area contributed by atoms with Crippen molar-refractivity contribution in [2.24, 2.45) is 0 Å². The molecule has 4 rings (SSSR count). The van der Waals surface area contributed by atoms with Crippen molar-refractivity contribution in [3.63, 3.8) is 0 Å². The van der Waals surface area contributed by atoms with Crippen molar-refractivity contribution in [1.29, 1.82) is 0 Å². The number of benzene rings is 2. The molecule has 2 aliphatic heterocycles. The molecule has 2 aliphatic rings. The second-order valence-electron chi connectivity index (χ2n) is 6.19. The Kier molecular flexibility index (Phi) is 3.11. The van der Waals surface area contributed by atoms with E-state index in [0.29, 0.717) is 11.7 Å². The number of nitrogens with one attached hydrogen (secondary N) is 2. The van der Waals surface area contributed by atoms with Crippen molar-refractivity contribution in [1.82, 2.24) is 5.32 Å². The van der Waals surface area contributed by atoms with Gasteiger partial charge in [0.05, 0.1) is 6.42 Å². The Balaban J connectivity index is 1.97. The Morgan fingerprint density at radius 2 is 1.95 bits per heavy atom. The summed E-state index contributed by atoms with van der Waals surface area (Å²) < 4.78 is 0. The van der Waals surface area contributed by atoms with E-state index < -0.39 is 0 Å². The zero-order chi connectivity index (χ0) is 15.3. The van der Waals surface area contributed by atoms with E-state index in [4.69, 9.17) is 0 Å². The molecule has 0 aromatic heterocycles. The largest absolute Gasteiger partial charge is 0.621 e. The van der Waals surface area contributed by atoms with E-state index in [2.05, 4.69) is 24.4 Å². The highest BCUT2D eigenvalue weighted by molar-refractivity contribution is 5.84. The predicted octanol–water partition coefficient (Wildman–Crippen LogP) is 1.48. The van der Waals surface area contributed by atoms with Crippen LogP contribution >= 0.6 is 0 Å². The second kappa shape index (κ2) is 5.02. The zero-order valence-electron chi connectivity index (χ0n) is 12.5. The second-order valence-corrected chi connectivity index (χ2v) is 6.19. The van der Waals surface area contributed by atoms with Crippen LogP contribution in [0.25, 0.3) is 11.1 Å². The fraction of sp³-hybridized carbons (Fsp3) is 0.278. The first kappa shape index (κ1) is 13.6. The number of hydrogen-bond donors (Lipinski definition) is 2. The smallest absolute Gasteiger partial charge is 0.321 e. The van der Waals surface area contributed by atoms with Crippen LogP contribution in [-0.4, -0.2) is 11.9 Å². The predicted molar refractivity (Wildman–Crippen MR) is 84.6 cm³/mol. The maximum absolute atomic E-state index is 12.2. The van der Waals surface area contributed by atoms with Gasteiger partial charge in [0.2, 0.25) is 0 Å². The molecule has 1 amide bonds. The van der Waals surface area contributed by atoms with E-state index in [1.165, 1.54) is 11.1 Å². The van der Waals surface area contributed by atoms with Gasteiger partial charge in [-0.25, -0.2) is 4.79 Å². The van der Waals surface area contributed by atoms with Gasteiger partial charge in [-0.2, -0.15) is 0 Å². The summed E-state index contributed by atoms with van der Waals surface area (Å²) in [5, 5.41) is 15.4. The van der Waals surface area contributed by atoms with Gasteiger partial charge in [0.25, 0.3) is 0 Å². The van der Waals surface area contributed by atoms with E-state index in [-0.39, 0.29) is 17.4 Å². The Labute approximate surface area is 129 Å². The first-order chi connectivity index (χ1) is 10.6. The molecule has 2 atom stereocenters. The molecule has 0 radical (unpaired) electrons. The zero-order valence-corrected chi connectivity index (χ0v) is 12.5. The van der Waals surface area contributed by atoms with Crippen LogP contribution in [0.4, 0.5) is 5.69 Å². The summed E-state index contributed by atoms with van der Waals surface area (Å²) in [6, 6.07) is 12.4. The van der Waals surface area contributed by atoms with Gasteiger partial charge in [-0.3, -0.25) is 5.06 Å². The average Bonchev–Trinajstić information content (AvgIpc) is 2.83. The van der Waals surface area contributed by atoms with Crippen LogP contribution in [-0.2, 0) is 24.2 Å². The summed E-state index contributed by atoms with van der Waals surface area (Å²) in [7, 11) is 0. The molecule has 0 aliphatic carbocycles. The van der Waals surface area contributed by atoms with Crippen molar-refractivity contribution in [3.8, 4) is 11.1 Å². The lowest BCUT2D eigenvalue weighted by Gasteiger charge is -2.28. The van der Waals surface area contributed by atoms with Crippen LogP contribution in [0.5, 0.6) is 0 Å². The Morgan fingerprint density at radius 1 is 1.18 bits per heavy atom. The number of hydroxylamine groups is 1. The first-order valence-electron chi connectivity index (χ1n) is 7.69. The topological polar surface area (TPSA) is 56.6 Å². The molecule has 0 fully saturated rings. The number of hydrogen-bond acceptors (Lipinski definition) is 3. The standard InChI is InChI=1S/C18H18N2O2/c1-11-7-14-15-9-18(21)20(22)17(15)8-13(16(14)10-19-11)12-5-3-2-4-6-12/h2-6,8,11,19-20H,7,9-10H2,1H3. The maximum atomic E-state index is 12.2. The molecule has 4 heteroatoms. The number of rotatable bonds is 1. The highest BCUT2D eigenvalue weighted by atomic mass is 16.5. The Bertz CT molecular complexity index is 755. The summed E-state index contributed by atoms with van der Waals surface area (Å²) >= 11 is 0. The lowest BCUT2D eigenvalue weighted by Crippen LogP contribution is -3.03. The molecule has 0 spiro atoms. The van der Waals surface area contributed by atoms with Crippen LogP contribution in [0.15, 0.2) is 36.4 Å². The Morgan fingerprint density at radius 3 is 2.73 bits per heavy atom. The van der Waals surface area contributed by atoms with E-state index in [1.54, 1.807) is 0 Å². The monoisotopic (exact) mass is 294 g/mol. The maximum Gasteiger partial charge on any atom is 0.321 e. The van der Waals surface area contributed by atoms with Crippen molar-refractivity contribution >= 4 is 11.6 Å². The summed E-state index contributed by atoms with van der Waals surface area (Å²) in [4.78, 5) is 11.9. The normalized spacial score (nSPS) is 23.3. The van der Waals surface area contributed by atoms with Crippen LogP contribution in [0.2, 0.25) is 0 Å². The fourth-order valence-electron chi connectivity index (χ4n) is 3.60. The highest BCUT2D eigenvalue weighted by Crippen LogP contribution is 2.36. The van der Waals surface area contributed by atoms with Gasteiger partial charge in [0, 0.05) is 24.2 Å². The molecular weight excluding hydrogens is 276 g/mol. The average molecular weight is 294 g/mol. The quantitative estimate of drug-likeness (QED) is 0.783. The number of carbonyl (C=O) groups is 1. The van der Waals surface area contributed by atoms with Crippen molar-refractivity contribution in [3.05, 3.63) is 58.3 Å². The molecule has 22 heavy (non-hydrogen) atoms. The number of fused-ring (bicyclic) bond motifs is 3. The minimum absolute atomic E-state index is 0.270. The molecule has 2 unspecified atom stereocenters. The van der Waals surface area contributed by atoms with Gasteiger partial charge in [0.15, 0.2) is 0 Å². The molecule has 2 aromatic carbocycles. The molecule has 0 saturated heterocycles. The molecular formula is C18H18N2O2. The first-order valence-corrected chi connectivity index (χ1v) is 7.69. The third-order valence-electron chi connectivity index (χ3n) is 4.73. The van der Waals surface area contributed by atoms with E-state index in [0.717, 1.165) is 29.7 Å². The van der Waals surface area contributed by atoms with Gasteiger partial charge >= 0.3 is 5.91 Å². The van der Waals surface area contributed by atoms with Gasteiger partial charge in [-0.1, -0.05) is 30.3 Å². The lowest BCUT2D eigenvalue weighted by atomic mass is 9.85. The van der Waals surface area contributed by atoms with Crippen LogP contribution in [0.1, 0.15) is 23.6 Å². The van der Waals surface area contributed by atoms with Crippen molar-refractivity contribution < 1.29 is 9.86 Å². The molecule has 2 N–H and O–H groups in total. The fourth-order valence-corrected chi connectivity index (χ4v) is 3.60. The lowest BCUT2D eigenvalue weighted by molar-refractivity contribution is -0.683. The van der Waals surface area contributed by atoms with Gasteiger partial charge in [0.1, 0.15) is 5.69 Å². The molecule has 2 heterocycles. The highest BCUT2D eigenvalue weighted by Gasteiger charge is 2.34. The minimum atomic E-state index is -0.318. The van der Waals surface area contributed by atoms with E-state index >= 15 is 0 Å². The number of quaternary nitrogens is 1. The minimum Gasteiger partial charge on any atom is -0.621 e. The van der Waals surface area contributed by atoms with Gasteiger partial charge in [-0.05, 0) is 35.6 Å². The van der Waals surface area contributed by atoms with Crippen LogP contribution in [0.3, 0.4) is 0 Å². The van der Waals surface area contributed by atoms with E-state index in [9.17, 15) is 10.0 Å². The summed E-state index contributed by atoms with van der Waals surface area (Å²) in [5.74, 6) is -0.270. The summed E-state index contributed by atoms with van der Waals surface area (Å²) in [6.07, 6.45) is 1.15. The van der Waals surface area contributed by atoms with Crippen molar-refractivity contribution in [2.45, 2.75) is 32.4 Å². The van der Waals surface area contributed by atoms with E-state index in [1.807, 2.05) is 24.3 Å². The summed E-state index contributed by atoms with van der Waals surface area (Å²) in [5.41, 5.74) is 6.23. The third-order valence-corrected chi connectivity index (χ3v) is 4.73. The third kappa shape index (κ3) is 2.00. The SMILES string of the molecule is CC1Cc2c(c(-c3ccccc3)cc3c2CC(=O)[NH+]3[O-])CN1. The molecule has 4 nitrogen and oxygen atoms in total.